The van der Waals surface area contributed by atoms with E-state index in [-0.39, 0.29) is 0 Å². The summed E-state index contributed by atoms with van der Waals surface area (Å²) in [5.41, 5.74) is 0.869. The Morgan fingerprint density at radius 1 is 1.12 bits per heavy atom. The first-order chi connectivity index (χ1) is 12.0. The van der Waals surface area contributed by atoms with Gasteiger partial charge in [-0.3, -0.25) is 9.59 Å². The van der Waals surface area contributed by atoms with Gasteiger partial charge >= 0.3 is 11.9 Å². The number of esters is 1. The molecule has 2 aliphatic rings. The molecule has 2 bridgehead atoms. The minimum absolute atomic E-state index is 0.353. The number of carbonyl (C=O) groups excluding carboxylic acids is 2. The van der Waals surface area contributed by atoms with Crippen molar-refractivity contribution in [2.75, 3.05) is 11.9 Å². The minimum Gasteiger partial charge on any atom is -0.481 e. The highest BCUT2D eigenvalue weighted by atomic mass is 16.5. The van der Waals surface area contributed by atoms with Crippen molar-refractivity contribution in [3.63, 3.8) is 0 Å². The second-order valence-electron chi connectivity index (χ2n) is 6.04. The fourth-order valence-corrected chi connectivity index (χ4v) is 3.11. The van der Waals surface area contributed by atoms with Gasteiger partial charge in [-0.2, -0.15) is 0 Å². The second-order valence-corrected chi connectivity index (χ2v) is 6.04. The molecule has 132 valence electrons. The lowest BCUT2D eigenvalue weighted by molar-refractivity contribution is -0.145. The molecule has 1 aromatic carbocycles. The number of carboxylic acid groups (broad SMARTS) is 1. The predicted molar refractivity (Wildman–Crippen MR) is 88.1 cm³/mol. The summed E-state index contributed by atoms with van der Waals surface area (Å²) < 4.78 is 10.5. The Morgan fingerprint density at radius 3 is 2.36 bits per heavy atom. The van der Waals surface area contributed by atoms with Crippen molar-refractivity contribution in [2.24, 2.45) is 11.8 Å². The molecule has 2 aliphatic heterocycles. The van der Waals surface area contributed by atoms with Crippen LogP contribution in [0.15, 0.2) is 36.4 Å². The summed E-state index contributed by atoms with van der Waals surface area (Å²) in [5, 5.41) is 12.0. The van der Waals surface area contributed by atoms with E-state index in [1.807, 2.05) is 6.92 Å². The standard InChI is InChI=1S/C18H19NO6/c1-2-9-24-18(23)10-3-5-11(6-4-10)19-16(20)14-12-7-8-13(25-12)15(14)17(21)22/h3-8,12-15H,2,9H2,1H3,(H,19,20)(H,21,22)/t12-,13+,14+,15+/m1/s1. The van der Waals surface area contributed by atoms with Crippen molar-refractivity contribution in [1.82, 2.24) is 0 Å². The summed E-state index contributed by atoms with van der Waals surface area (Å²) in [6, 6.07) is 6.28. The summed E-state index contributed by atoms with van der Waals surface area (Å²) in [7, 11) is 0. The van der Waals surface area contributed by atoms with Crippen LogP contribution >= 0.6 is 0 Å². The molecule has 1 saturated heterocycles. The number of nitrogens with one attached hydrogen (secondary N) is 1. The van der Waals surface area contributed by atoms with Crippen LogP contribution in [0.5, 0.6) is 0 Å². The Kier molecular flexibility index (Phi) is 4.85. The zero-order valence-corrected chi connectivity index (χ0v) is 13.7. The second kappa shape index (κ2) is 7.06. The normalized spacial score (nSPS) is 26.4. The molecule has 2 N–H and O–H groups in total. The van der Waals surface area contributed by atoms with Crippen LogP contribution in [0.3, 0.4) is 0 Å². The summed E-state index contributed by atoms with van der Waals surface area (Å²) in [6.07, 6.45) is 3.07. The molecule has 1 aromatic rings. The van der Waals surface area contributed by atoms with Crippen molar-refractivity contribution in [1.29, 1.82) is 0 Å². The van der Waals surface area contributed by atoms with Crippen LogP contribution in [-0.4, -0.2) is 41.8 Å². The Balaban J connectivity index is 1.66. The van der Waals surface area contributed by atoms with Crippen LogP contribution in [0.25, 0.3) is 0 Å². The van der Waals surface area contributed by atoms with Crippen LogP contribution in [0, 0.1) is 11.8 Å². The Hall–Kier alpha value is -2.67. The topological polar surface area (TPSA) is 102 Å². The monoisotopic (exact) mass is 345 g/mol. The molecule has 25 heavy (non-hydrogen) atoms. The molecular formula is C18H19NO6. The lowest BCUT2D eigenvalue weighted by atomic mass is 9.82. The molecule has 0 saturated carbocycles. The van der Waals surface area contributed by atoms with Crippen molar-refractivity contribution in [2.45, 2.75) is 25.6 Å². The molecule has 0 unspecified atom stereocenters. The van der Waals surface area contributed by atoms with Crippen molar-refractivity contribution in [3.8, 4) is 0 Å². The Bertz CT molecular complexity index is 711. The van der Waals surface area contributed by atoms with Gasteiger partial charge in [0.1, 0.15) is 5.92 Å². The van der Waals surface area contributed by atoms with Crippen molar-refractivity contribution in [3.05, 3.63) is 42.0 Å². The molecule has 0 radical (unpaired) electrons. The Morgan fingerprint density at radius 2 is 1.76 bits per heavy atom. The zero-order chi connectivity index (χ0) is 18.0. The number of carboxylic acids is 1. The number of hydrogen-bond donors (Lipinski definition) is 2. The zero-order valence-electron chi connectivity index (χ0n) is 13.7. The van der Waals surface area contributed by atoms with Gasteiger partial charge < -0.3 is 19.9 Å². The summed E-state index contributed by atoms with van der Waals surface area (Å²) in [4.78, 5) is 35.7. The molecule has 4 atom stereocenters. The van der Waals surface area contributed by atoms with E-state index in [4.69, 9.17) is 9.47 Å². The molecule has 3 rings (SSSR count). The highest BCUT2D eigenvalue weighted by molar-refractivity contribution is 5.97. The summed E-state index contributed by atoms with van der Waals surface area (Å²) >= 11 is 0. The summed E-state index contributed by atoms with van der Waals surface area (Å²) in [6.45, 7) is 2.26. The van der Waals surface area contributed by atoms with Gasteiger partial charge in [-0.25, -0.2) is 4.79 Å². The molecular weight excluding hydrogens is 326 g/mol. The lowest BCUT2D eigenvalue weighted by Gasteiger charge is -2.21. The number of fused-ring (bicyclic) bond motifs is 2. The number of rotatable bonds is 6. The third-order valence-electron chi connectivity index (χ3n) is 4.31. The summed E-state index contributed by atoms with van der Waals surface area (Å²) in [5.74, 6) is -3.55. The molecule has 0 spiro atoms. The lowest BCUT2D eigenvalue weighted by Crippen LogP contribution is -2.39. The predicted octanol–water partition coefficient (Wildman–Crippen LogP) is 1.85. The Labute approximate surface area is 144 Å². The van der Waals surface area contributed by atoms with Crippen LogP contribution in [0.2, 0.25) is 0 Å². The van der Waals surface area contributed by atoms with Gasteiger partial charge in [-0.15, -0.1) is 0 Å². The van der Waals surface area contributed by atoms with Crippen LogP contribution in [-0.2, 0) is 19.1 Å². The van der Waals surface area contributed by atoms with E-state index in [9.17, 15) is 19.5 Å². The fraction of sp³-hybridized carbons (Fsp3) is 0.389. The van der Waals surface area contributed by atoms with Gasteiger partial charge in [0, 0.05) is 5.69 Å². The van der Waals surface area contributed by atoms with E-state index in [2.05, 4.69) is 5.32 Å². The molecule has 0 aromatic heterocycles. The first-order valence-electron chi connectivity index (χ1n) is 8.16. The third kappa shape index (κ3) is 3.41. The maximum absolute atomic E-state index is 12.5. The number of anilines is 1. The van der Waals surface area contributed by atoms with E-state index in [1.165, 1.54) is 0 Å². The maximum Gasteiger partial charge on any atom is 0.338 e. The highest BCUT2D eigenvalue weighted by Gasteiger charge is 2.53. The third-order valence-corrected chi connectivity index (χ3v) is 4.31. The van der Waals surface area contributed by atoms with Crippen LogP contribution in [0.4, 0.5) is 5.69 Å². The van der Waals surface area contributed by atoms with E-state index in [0.717, 1.165) is 6.42 Å². The maximum atomic E-state index is 12.5. The van der Waals surface area contributed by atoms with Crippen LogP contribution in [0.1, 0.15) is 23.7 Å². The van der Waals surface area contributed by atoms with Crippen molar-refractivity contribution >= 4 is 23.5 Å². The van der Waals surface area contributed by atoms with Gasteiger partial charge in [0.2, 0.25) is 5.91 Å². The molecule has 2 heterocycles. The number of benzene rings is 1. The smallest absolute Gasteiger partial charge is 0.338 e. The molecule has 1 fully saturated rings. The average Bonchev–Trinajstić information content (AvgIpc) is 3.21. The number of aliphatic carboxylic acids is 1. The molecule has 1 amide bonds. The molecule has 7 nitrogen and oxygen atoms in total. The van der Waals surface area contributed by atoms with Gasteiger partial charge in [0.05, 0.1) is 30.3 Å². The van der Waals surface area contributed by atoms with Gasteiger partial charge in [-0.1, -0.05) is 19.1 Å². The number of carbonyl (C=O) groups is 3. The van der Waals surface area contributed by atoms with E-state index >= 15 is 0 Å². The highest BCUT2D eigenvalue weighted by Crippen LogP contribution is 2.39. The quantitative estimate of drug-likeness (QED) is 0.603. The van der Waals surface area contributed by atoms with Gasteiger partial charge in [0.15, 0.2) is 0 Å². The first-order valence-corrected chi connectivity index (χ1v) is 8.16. The van der Waals surface area contributed by atoms with Crippen LogP contribution < -0.4 is 5.32 Å². The molecule has 0 aliphatic carbocycles. The molecule has 7 heteroatoms. The number of amides is 1. The number of hydrogen-bond acceptors (Lipinski definition) is 5. The first kappa shape index (κ1) is 17.2. The van der Waals surface area contributed by atoms with Crippen molar-refractivity contribution < 1.29 is 29.0 Å². The van der Waals surface area contributed by atoms with E-state index in [1.54, 1.807) is 36.4 Å². The van der Waals surface area contributed by atoms with Gasteiger partial charge in [0.25, 0.3) is 0 Å². The largest absolute Gasteiger partial charge is 0.481 e. The van der Waals surface area contributed by atoms with E-state index < -0.39 is 41.9 Å². The van der Waals surface area contributed by atoms with Gasteiger partial charge in [-0.05, 0) is 30.7 Å². The van der Waals surface area contributed by atoms with E-state index in [0.29, 0.717) is 17.9 Å². The number of ether oxygens (including phenoxy) is 2. The average molecular weight is 345 g/mol. The SMILES string of the molecule is CCCOC(=O)c1ccc(NC(=O)[C@@H]2[C@@H](C(=O)O)[C@@H]3C=C[C@H]2O3)cc1. The fourth-order valence-electron chi connectivity index (χ4n) is 3.11. The minimum atomic E-state index is -1.05.